The number of methoxy groups -OCH3 is 2. The number of hydrogen-bond acceptors (Lipinski definition) is 5. The molecule has 2 amide bonds. The molecule has 0 bridgehead atoms. The Labute approximate surface area is 226 Å². The number of carboxylic acids is 1. The highest BCUT2D eigenvalue weighted by Gasteiger charge is 2.29. The first kappa shape index (κ1) is 29.5. The van der Waals surface area contributed by atoms with Gasteiger partial charge in [-0.05, 0) is 68.4 Å². The zero-order chi connectivity index (χ0) is 27.7. The van der Waals surface area contributed by atoms with Crippen molar-refractivity contribution in [1.82, 2.24) is 0 Å². The van der Waals surface area contributed by atoms with Gasteiger partial charge < -0.3 is 30.1 Å². The summed E-state index contributed by atoms with van der Waals surface area (Å²) in [5.41, 5.74) is 4.23. The molecular formula is C30H43N3O5. The van der Waals surface area contributed by atoms with Gasteiger partial charge in [-0.3, -0.25) is 4.79 Å². The second-order valence-electron chi connectivity index (χ2n) is 10.7. The van der Waals surface area contributed by atoms with Gasteiger partial charge in [-0.1, -0.05) is 37.6 Å². The van der Waals surface area contributed by atoms with Gasteiger partial charge in [0.05, 0.1) is 30.5 Å². The Morgan fingerprint density at radius 2 is 1.71 bits per heavy atom. The number of hydrogen-bond donors (Lipinski definition) is 3. The highest BCUT2D eigenvalue weighted by molar-refractivity contribution is 6.02. The van der Waals surface area contributed by atoms with Gasteiger partial charge >= 0.3 is 12.0 Å². The van der Waals surface area contributed by atoms with Crippen molar-refractivity contribution in [3.05, 3.63) is 53.6 Å². The lowest BCUT2D eigenvalue weighted by Gasteiger charge is -2.40. The lowest BCUT2D eigenvalue weighted by molar-refractivity contribution is -0.137. The number of carbonyl (C=O) groups is 2. The van der Waals surface area contributed by atoms with Crippen LogP contribution in [0.25, 0.3) is 0 Å². The summed E-state index contributed by atoms with van der Waals surface area (Å²) in [6, 6.07) is 13.5. The average Bonchev–Trinajstić information content (AvgIpc) is 2.88. The van der Waals surface area contributed by atoms with E-state index in [2.05, 4.69) is 29.4 Å². The number of anilines is 3. The molecule has 2 aromatic carbocycles. The topological polar surface area (TPSA) is 100 Å². The Bertz CT molecular complexity index is 1050. The molecule has 1 aliphatic rings. The van der Waals surface area contributed by atoms with Gasteiger partial charge in [0.25, 0.3) is 0 Å². The van der Waals surface area contributed by atoms with Crippen LogP contribution in [-0.2, 0) is 14.3 Å². The summed E-state index contributed by atoms with van der Waals surface area (Å²) in [7, 11) is 3.34. The Morgan fingerprint density at radius 3 is 2.29 bits per heavy atom. The number of carbonyl (C=O) groups excluding carboxylic acids is 1. The summed E-state index contributed by atoms with van der Waals surface area (Å²) >= 11 is 0. The number of nitrogens with zero attached hydrogens (tertiary/aromatic N) is 1. The normalized spacial score (nSPS) is 18.2. The Hall–Kier alpha value is -3.10. The lowest BCUT2D eigenvalue weighted by Crippen LogP contribution is -2.42. The molecule has 0 saturated heterocycles. The standard InChI is InChI=1S/C30H43N3O5/c1-20(2)18-33(25-11-13-26(38-5)14-12-25)28-15-8-22(23(19-37-4)17-29(34)35)16-27(28)32-30(36)31-24-9-6-21(3)7-10-24/h6-10,15-16,20,23,25-26H,11-14,17-19H2,1-5H3,(H,34,35)(H2,31,32,36). The first-order valence-corrected chi connectivity index (χ1v) is 13.5. The quantitative estimate of drug-likeness (QED) is 0.302. The van der Waals surface area contributed by atoms with Gasteiger partial charge in [0.2, 0.25) is 0 Å². The highest BCUT2D eigenvalue weighted by atomic mass is 16.5. The van der Waals surface area contributed by atoms with Crippen LogP contribution in [0.15, 0.2) is 42.5 Å². The van der Waals surface area contributed by atoms with Crippen molar-refractivity contribution >= 4 is 29.1 Å². The van der Waals surface area contributed by atoms with E-state index in [1.54, 1.807) is 14.2 Å². The maximum atomic E-state index is 13.1. The molecule has 0 heterocycles. The summed E-state index contributed by atoms with van der Waals surface area (Å²) in [4.78, 5) is 27.1. The van der Waals surface area contributed by atoms with Crippen LogP contribution in [0.2, 0.25) is 0 Å². The minimum absolute atomic E-state index is 0.0566. The van der Waals surface area contributed by atoms with Crippen LogP contribution >= 0.6 is 0 Å². The maximum absolute atomic E-state index is 13.1. The summed E-state index contributed by atoms with van der Waals surface area (Å²) < 4.78 is 10.9. The van der Waals surface area contributed by atoms with Crippen LogP contribution in [0.4, 0.5) is 21.9 Å². The van der Waals surface area contributed by atoms with Crippen molar-refractivity contribution in [3.8, 4) is 0 Å². The van der Waals surface area contributed by atoms with E-state index in [9.17, 15) is 14.7 Å². The van der Waals surface area contributed by atoms with Crippen LogP contribution in [0.3, 0.4) is 0 Å². The second kappa shape index (κ2) is 14.2. The first-order valence-electron chi connectivity index (χ1n) is 13.5. The van der Waals surface area contributed by atoms with Gasteiger partial charge in [-0.15, -0.1) is 0 Å². The van der Waals surface area contributed by atoms with Gasteiger partial charge in [-0.25, -0.2) is 4.79 Å². The molecule has 0 aromatic heterocycles. The van der Waals surface area contributed by atoms with E-state index in [0.717, 1.165) is 49.0 Å². The van der Waals surface area contributed by atoms with Crippen LogP contribution in [-0.4, -0.2) is 56.6 Å². The van der Waals surface area contributed by atoms with Gasteiger partial charge in [-0.2, -0.15) is 0 Å². The van der Waals surface area contributed by atoms with Crippen molar-refractivity contribution in [2.75, 3.05) is 42.9 Å². The monoisotopic (exact) mass is 525 g/mol. The molecule has 1 aliphatic carbocycles. The number of urea groups is 1. The van der Waals surface area contributed by atoms with E-state index in [1.807, 2.05) is 49.4 Å². The summed E-state index contributed by atoms with van der Waals surface area (Å²) in [6.45, 7) is 7.50. The molecule has 0 radical (unpaired) electrons. The van der Waals surface area contributed by atoms with Crippen molar-refractivity contribution in [2.45, 2.75) is 70.9 Å². The molecule has 3 N–H and O–H groups in total. The molecule has 0 aliphatic heterocycles. The number of nitrogens with one attached hydrogen (secondary N) is 2. The van der Waals surface area contributed by atoms with Crippen molar-refractivity contribution < 1.29 is 24.2 Å². The number of amides is 2. The summed E-state index contributed by atoms with van der Waals surface area (Å²) in [6.07, 6.45) is 4.25. The molecule has 208 valence electrons. The molecule has 1 saturated carbocycles. The zero-order valence-corrected chi connectivity index (χ0v) is 23.3. The third-order valence-corrected chi connectivity index (χ3v) is 7.13. The van der Waals surface area contributed by atoms with E-state index in [1.165, 1.54) is 0 Å². The van der Waals surface area contributed by atoms with Gasteiger partial charge in [0.1, 0.15) is 0 Å². The zero-order valence-electron chi connectivity index (χ0n) is 23.3. The molecule has 38 heavy (non-hydrogen) atoms. The third kappa shape index (κ3) is 8.46. The van der Waals surface area contributed by atoms with Crippen molar-refractivity contribution in [1.29, 1.82) is 0 Å². The van der Waals surface area contributed by atoms with E-state index < -0.39 is 5.97 Å². The fourth-order valence-electron chi connectivity index (χ4n) is 5.19. The van der Waals surface area contributed by atoms with E-state index in [0.29, 0.717) is 29.4 Å². The third-order valence-electron chi connectivity index (χ3n) is 7.13. The van der Waals surface area contributed by atoms with Crippen LogP contribution in [0.1, 0.15) is 63.0 Å². The van der Waals surface area contributed by atoms with Gasteiger partial charge in [0.15, 0.2) is 0 Å². The molecule has 3 rings (SSSR count). The number of carboxylic acid groups (broad SMARTS) is 1. The van der Waals surface area contributed by atoms with Crippen LogP contribution < -0.4 is 15.5 Å². The van der Waals surface area contributed by atoms with Gasteiger partial charge in [0, 0.05) is 38.4 Å². The fraction of sp³-hybridized carbons (Fsp3) is 0.533. The van der Waals surface area contributed by atoms with E-state index in [4.69, 9.17) is 9.47 Å². The predicted molar refractivity (Wildman–Crippen MR) is 152 cm³/mol. The molecule has 8 nitrogen and oxygen atoms in total. The molecule has 2 aromatic rings. The first-order chi connectivity index (χ1) is 18.2. The lowest BCUT2D eigenvalue weighted by atomic mass is 9.90. The predicted octanol–water partition coefficient (Wildman–Crippen LogP) is 6.26. The Kier molecular flexibility index (Phi) is 11.0. The SMILES string of the molecule is COCC(CC(=O)O)c1ccc(N(CC(C)C)C2CCC(OC)CC2)c(NC(=O)Nc2ccc(C)cc2)c1. The van der Waals surface area contributed by atoms with Crippen molar-refractivity contribution in [3.63, 3.8) is 0 Å². The fourth-order valence-corrected chi connectivity index (χ4v) is 5.19. The molecule has 0 spiro atoms. The number of benzene rings is 2. The van der Waals surface area contributed by atoms with Crippen LogP contribution in [0, 0.1) is 12.8 Å². The minimum Gasteiger partial charge on any atom is -0.481 e. The minimum atomic E-state index is -0.890. The molecule has 1 fully saturated rings. The van der Waals surface area contributed by atoms with Crippen molar-refractivity contribution in [2.24, 2.45) is 5.92 Å². The number of rotatable bonds is 12. The molecule has 1 unspecified atom stereocenters. The highest BCUT2D eigenvalue weighted by Crippen LogP contribution is 2.36. The Morgan fingerprint density at radius 1 is 1.03 bits per heavy atom. The molecule has 1 atom stereocenters. The smallest absolute Gasteiger partial charge is 0.323 e. The second-order valence-corrected chi connectivity index (χ2v) is 10.7. The van der Waals surface area contributed by atoms with Crippen LogP contribution in [0.5, 0.6) is 0 Å². The maximum Gasteiger partial charge on any atom is 0.323 e. The number of ether oxygens (including phenoxy) is 2. The summed E-state index contributed by atoms with van der Waals surface area (Å²) in [5, 5.41) is 15.5. The average molecular weight is 526 g/mol. The summed E-state index contributed by atoms with van der Waals surface area (Å²) in [5.74, 6) is -0.806. The number of aliphatic carboxylic acids is 1. The Balaban J connectivity index is 1.97. The van der Waals surface area contributed by atoms with E-state index in [-0.39, 0.29) is 25.0 Å². The largest absolute Gasteiger partial charge is 0.481 e. The molecular weight excluding hydrogens is 482 g/mol. The number of aryl methyl sites for hydroxylation is 1. The van der Waals surface area contributed by atoms with E-state index >= 15 is 0 Å². The molecule has 8 heteroatoms.